The molecule has 2 aromatic carbocycles. The standard InChI is InChI=1S/C25H29N3O4/c1-4-7-15-27-23(29)21(24(30)32-6-3)22(17-11-10-12-18(16-17)31-5-2)28-20-14-9-8-13-19(20)26-25(27)28/h8-14,16,21-22H,4-7,15H2,1-3H3/t21-,22-/m0/s1. The average molecular weight is 436 g/mol. The summed E-state index contributed by atoms with van der Waals surface area (Å²) < 4.78 is 13.1. The summed E-state index contributed by atoms with van der Waals surface area (Å²) in [6.45, 7) is 6.98. The van der Waals surface area contributed by atoms with Crippen LogP contribution in [0.5, 0.6) is 5.75 Å². The molecular weight excluding hydrogens is 406 g/mol. The Hall–Kier alpha value is -3.35. The Labute approximate surface area is 187 Å². The number of aromatic nitrogens is 2. The number of anilines is 1. The van der Waals surface area contributed by atoms with Gasteiger partial charge >= 0.3 is 5.97 Å². The highest BCUT2D eigenvalue weighted by Gasteiger charge is 2.47. The molecule has 0 fully saturated rings. The minimum absolute atomic E-state index is 0.209. The molecule has 2 heterocycles. The molecule has 168 valence electrons. The van der Waals surface area contributed by atoms with Crippen molar-refractivity contribution in [3.05, 3.63) is 54.1 Å². The van der Waals surface area contributed by atoms with E-state index < -0.39 is 17.9 Å². The molecule has 2 atom stereocenters. The first-order chi connectivity index (χ1) is 15.6. The number of hydrogen-bond donors (Lipinski definition) is 0. The van der Waals surface area contributed by atoms with Gasteiger partial charge in [-0.1, -0.05) is 37.6 Å². The topological polar surface area (TPSA) is 73.7 Å². The smallest absolute Gasteiger partial charge is 0.321 e. The Balaban J connectivity index is 1.96. The van der Waals surface area contributed by atoms with Crippen LogP contribution >= 0.6 is 0 Å². The molecule has 0 unspecified atom stereocenters. The van der Waals surface area contributed by atoms with Crippen LogP contribution in [-0.2, 0) is 14.3 Å². The monoisotopic (exact) mass is 435 g/mol. The molecule has 0 radical (unpaired) electrons. The second-order valence-corrected chi connectivity index (χ2v) is 7.79. The average Bonchev–Trinajstić information content (AvgIpc) is 3.17. The van der Waals surface area contributed by atoms with Crippen molar-refractivity contribution in [2.45, 2.75) is 39.7 Å². The lowest BCUT2D eigenvalue weighted by atomic mass is 9.89. The van der Waals surface area contributed by atoms with Crippen molar-refractivity contribution < 1.29 is 19.1 Å². The van der Waals surface area contributed by atoms with Crippen molar-refractivity contribution in [1.29, 1.82) is 0 Å². The molecule has 0 saturated heterocycles. The first-order valence-electron chi connectivity index (χ1n) is 11.3. The largest absolute Gasteiger partial charge is 0.494 e. The van der Waals surface area contributed by atoms with Gasteiger partial charge in [0, 0.05) is 6.54 Å². The van der Waals surface area contributed by atoms with Gasteiger partial charge in [0.05, 0.1) is 30.3 Å². The maximum Gasteiger partial charge on any atom is 0.321 e. The molecule has 0 bridgehead atoms. The first-order valence-corrected chi connectivity index (χ1v) is 11.3. The summed E-state index contributed by atoms with van der Waals surface area (Å²) in [6.07, 6.45) is 1.74. The maximum atomic E-state index is 13.7. The molecule has 1 aliphatic heterocycles. The minimum Gasteiger partial charge on any atom is -0.494 e. The van der Waals surface area contributed by atoms with Crippen LogP contribution in [-0.4, -0.2) is 41.2 Å². The maximum absolute atomic E-state index is 13.7. The summed E-state index contributed by atoms with van der Waals surface area (Å²) >= 11 is 0. The fraction of sp³-hybridized carbons (Fsp3) is 0.400. The molecule has 0 spiro atoms. The molecule has 0 aliphatic carbocycles. The van der Waals surface area contributed by atoms with Crippen LogP contribution in [0.15, 0.2) is 48.5 Å². The van der Waals surface area contributed by atoms with Crippen molar-refractivity contribution in [2.75, 3.05) is 24.7 Å². The molecule has 0 saturated carbocycles. The van der Waals surface area contributed by atoms with E-state index >= 15 is 0 Å². The number of ether oxygens (including phenoxy) is 2. The van der Waals surface area contributed by atoms with E-state index in [0.29, 0.717) is 24.8 Å². The number of fused-ring (bicyclic) bond motifs is 3. The molecule has 0 N–H and O–H groups in total. The van der Waals surface area contributed by atoms with Gasteiger partial charge in [-0.05, 0) is 50.1 Å². The van der Waals surface area contributed by atoms with E-state index in [1.165, 1.54) is 0 Å². The Morgan fingerprint density at radius 2 is 1.88 bits per heavy atom. The van der Waals surface area contributed by atoms with E-state index in [0.717, 1.165) is 29.4 Å². The summed E-state index contributed by atoms with van der Waals surface area (Å²) in [4.78, 5) is 33.3. The molecule has 32 heavy (non-hydrogen) atoms. The third-order valence-corrected chi connectivity index (χ3v) is 5.73. The van der Waals surface area contributed by atoms with Gasteiger partial charge < -0.3 is 14.0 Å². The van der Waals surface area contributed by atoms with Crippen molar-refractivity contribution in [1.82, 2.24) is 9.55 Å². The number of unbranched alkanes of at least 4 members (excludes halogenated alkanes) is 1. The van der Waals surface area contributed by atoms with Crippen molar-refractivity contribution in [2.24, 2.45) is 5.92 Å². The number of hydrogen-bond acceptors (Lipinski definition) is 5. The molecule has 7 nitrogen and oxygen atoms in total. The summed E-state index contributed by atoms with van der Waals surface area (Å²) in [6, 6.07) is 14.8. The van der Waals surface area contributed by atoms with Crippen LogP contribution in [0.2, 0.25) is 0 Å². The molecular formula is C25H29N3O4. The SMILES string of the molecule is CCCCN1C(=O)[C@@H](C(=O)OCC)[C@H](c2cccc(OCC)c2)n2c1nc1ccccc12. The number of carbonyl (C=O) groups is 2. The normalized spacial score (nSPS) is 18.0. The van der Waals surface area contributed by atoms with E-state index in [-0.39, 0.29) is 12.5 Å². The Kier molecular flexibility index (Phi) is 6.44. The molecule has 4 rings (SSSR count). The zero-order valence-corrected chi connectivity index (χ0v) is 18.8. The Bertz CT molecular complexity index is 1120. The van der Waals surface area contributed by atoms with Crippen molar-refractivity contribution >= 4 is 28.9 Å². The van der Waals surface area contributed by atoms with Crippen molar-refractivity contribution in [3.8, 4) is 5.75 Å². The lowest BCUT2D eigenvalue weighted by Gasteiger charge is -2.38. The fourth-order valence-corrected chi connectivity index (χ4v) is 4.33. The highest BCUT2D eigenvalue weighted by molar-refractivity contribution is 6.08. The zero-order valence-electron chi connectivity index (χ0n) is 18.8. The van der Waals surface area contributed by atoms with Crippen molar-refractivity contribution in [3.63, 3.8) is 0 Å². The van der Waals surface area contributed by atoms with E-state index in [1.807, 2.05) is 60.0 Å². The Morgan fingerprint density at radius 1 is 1.06 bits per heavy atom. The predicted octanol–water partition coefficient (Wildman–Crippen LogP) is 4.35. The van der Waals surface area contributed by atoms with Gasteiger partial charge in [-0.2, -0.15) is 0 Å². The van der Waals surface area contributed by atoms with Gasteiger partial charge in [0.25, 0.3) is 0 Å². The minimum atomic E-state index is -1.01. The zero-order chi connectivity index (χ0) is 22.7. The second-order valence-electron chi connectivity index (χ2n) is 7.79. The van der Waals surface area contributed by atoms with E-state index in [9.17, 15) is 9.59 Å². The molecule has 1 amide bonds. The summed E-state index contributed by atoms with van der Waals surface area (Å²) in [7, 11) is 0. The number of rotatable bonds is 8. The van der Waals surface area contributed by atoms with Gasteiger partial charge in [0.15, 0.2) is 5.92 Å². The van der Waals surface area contributed by atoms with Crippen LogP contribution < -0.4 is 9.64 Å². The fourth-order valence-electron chi connectivity index (χ4n) is 4.33. The summed E-state index contributed by atoms with van der Waals surface area (Å²) in [5.74, 6) is -0.536. The van der Waals surface area contributed by atoms with Gasteiger partial charge in [-0.3, -0.25) is 14.5 Å². The van der Waals surface area contributed by atoms with Crippen LogP contribution in [0.25, 0.3) is 11.0 Å². The quantitative estimate of drug-likeness (QED) is 0.388. The molecule has 7 heteroatoms. The van der Waals surface area contributed by atoms with Gasteiger partial charge in [-0.15, -0.1) is 0 Å². The summed E-state index contributed by atoms with van der Waals surface area (Å²) in [5.41, 5.74) is 2.46. The number of amides is 1. The lowest BCUT2D eigenvalue weighted by molar-refractivity contribution is -0.153. The number of esters is 1. The Morgan fingerprint density at radius 3 is 2.62 bits per heavy atom. The highest BCUT2D eigenvalue weighted by Crippen LogP contribution is 2.42. The molecule has 3 aromatic rings. The third kappa shape index (κ3) is 3.83. The lowest BCUT2D eigenvalue weighted by Crippen LogP contribution is -2.50. The number of para-hydroxylation sites is 2. The predicted molar refractivity (Wildman–Crippen MR) is 123 cm³/mol. The summed E-state index contributed by atoms with van der Waals surface area (Å²) in [5, 5.41) is 0. The first kappa shape index (κ1) is 21.9. The van der Waals surface area contributed by atoms with Gasteiger partial charge in [0.1, 0.15) is 5.75 Å². The van der Waals surface area contributed by atoms with Crippen LogP contribution in [0.1, 0.15) is 45.2 Å². The van der Waals surface area contributed by atoms with E-state index in [4.69, 9.17) is 14.5 Å². The molecule has 1 aromatic heterocycles. The number of carbonyl (C=O) groups excluding carboxylic acids is 2. The highest BCUT2D eigenvalue weighted by atomic mass is 16.5. The number of nitrogens with zero attached hydrogens (tertiary/aromatic N) is 3. The van der Waals surface area contributed by atoms with Gasteiger partial charge in [0.2, 0.25) is 11.9 Å². The molecule has 1 aliphatic rings. The number of benzene rings is 2. The van der Waals surface area contributed by atoms with Crippen LogP contribution in [0, 0.1) is 5.92 Å². The van der Waals surface area contributed by atoms with Crippen LogP contribution in [0.4, 0.5) is 5.95 Å². The number of imidazole rings is 1. The van der Waals surface area contributed by atoms with E-state index in [1.54, 1.807) is 11.8 Å². The second kappa shape index (κ2) is 9.42. The van der Waals surface area contributed by atoms with Gasteiger partial charge in [-0.25, -0.2) is 4.98 Å². The van der Waals surface area contributed by atoms with E-state index in [2.05, 4.69) is 6.92 Å². The third-order valence-electron chi connectivity index (χ3n) is 5.73. The van der Waals surface area contributed by atoms with Crippen LogP contribution in [0.3, 0.4) is 0 Å².